The second-order valence-electron chi connectivity index (χ2n) is 16.1. The van der Waals surface area contributed by atoms with E-state index in [1.807, 2.05) is 109 Å². The van der Waals surface area contributed by atoms with E-state index in [2.05, 4.69) is 117 Å². The van der Waals surface area contributed by atoms with Gasteiger partial charge >= 0.3 is 5.69 Å². The van der Waals surface area contributed by atoms with Crippen molar-refractivity contribution in [2.45, 2.75) is 0 Å². The normalized spacial score (nSPS) is 11.9. The fraction of sp³-hybridized carbons (Fsp3) is 0. The molecule has 7 nitrogen and oxygen atoms in total. The largest absolute Gasteiger partial charge is 0.340 e. The van der Waals surface area contributed by atoms with Crippen molar-refractivity contribution >= 4 is 76.3 Å². The average molecular weight is 810 g/mol. The summed E-state index contributed by atoms with van der Waals surface area (Å²) >= 11 is 0. The van der Waals surface area contributed by atoms with Crippen LogP contribution >= 0.6 is 0 Å². The maximum Gasteiger partial charge on any atom is 0.340 e. The number of hydrogen-bond acceptors (Lipinski definition) is 2. The lowest BCUT2D eigenvalue weighted by Gasteiger charge is -2.16. The van der Waals surface area contributed by atoms with Gasteiger partial charge in [-0.25, -0.2) is 9.36 Å². The van der Waals surface area contributed by atoms with Crippen LogP contribution in [0.25, 0.3) is 105 Å². The molecule has 0 radical (unpaired) electrons. The number of para-hydroxylation sites is 6. The van der Waals surface area contributed by atoms with Gasteiger partial charge in [0.15, 0.2) is 0 Å². The summed E-state index contributed by atoms with van der Waals surface area (Å²) in [7, 11) is 0. The van der Waals surface area contributed by atoms with Crippen molar-refractivity contribution in [2.24, 2.45) is 0 Å². The summed E-state index contributed by atoms with van der Waals surface area (Å²) in [4.78, 5) is 31.2. The minimum Gasteiger partial charge on any atom is -0.309 e. The van der Waals surface area contributed by atoms with Gasteiger partial charge in [0, 0.05) is 49.4 Å². The molecule has 13 aromatic rings. The smallest absolute Gasteiger partial charge is 0.309 e. The molecule has 4 aromatic heterocycles. The zero-order valence-corrected chi connectivity index (χ0v) is 33.8. The molecular weight excluding hydrogens is 775 g/mol. The Hall–Kier alpha value is -8.68. The molecule has 0 atom stereocenters. The van der Waals surface area contributed by atoms with E-state index in [9.17, 15) is 0 Å². The van der Waals surface area contributed by atoms with Crippen molar-refractivity contribution in [2.75, 3.05) is 0 Å². The first-order valence-electron chi connectivity index (χ1n) is 21.1. The summed E-state index contributed by atoms with van der Waals surface area (Å²) < 4.78 is 9.81. The zero-order valence-electron chi connectivity index (χ0n) is 33.8. The number of rotatable bonds is 5. The maximum absolute atomic E-state index is 15.6. The van der Waals surface area contributed by atoms with Crippen LogP contribution in [-0.2, 0) is 0 Å². The first kappa shape index (κ1) is 35.1. The predicted octanol–water partition coefficient (Wildman–Crippen LogP) is 12.4. The summed E-state index contributed by atoms with van der Waals surface area (Å²) in [6.45, 7) is 0. The van der Waals surface area contributed by atoms with Crippen molar-refractivity contribution in [3.8, 4) is 28.4 Å². The van der Waals surface area contributed by atoms with Crippen LogP contribution in [0.1, 0.15) is 0 Å². The van der Waals surface area contributed by atoms with Crippen LogP contribution in [0, 0.1) is 0 Å². The van der Waals surface area contributed by atoms with Gasteiger partial charge < -0.3 is 13.7 Å². The molecule has 0 aliphatic heterocycles. The molecule has 0 saturated heterocycles. The third-order valence-corrected chi connectivity index (χ3v) is 12.7. The van der Waals surface area contributed by atoms with E-state index in [0.717, 1.165) is 82.5 Å². The Labute approximate surface area is 359 Å². The lowest BCUT2D eigenvalue weighted by atomic mass is 10.1. The Balaban J connectivity index is 1.16. The molecule has 296 valence electrons. The van der Waals surface area contributed by atoms with Gasteiger partial charge in [0.1, 0.15) is 0 Å². The number of aromatic nitrogens is 5. The molecule has 0 spiro atoms. The van der Waals surface area contributed by atoms with Crippen molar-refractivity contribution in [3.05, 3.63) is 233 Å². The Morgan fingerprint density at radius 3 is 1.08 bits per heavy atom. The molecule has 13 rings (SSSR count). The SMILES string of the molecule is O=c1c2c3c4ccccc4n(-c4ccccc4)c3ccc2n(-c2ccc3c(c2)c2ccccc2n3-c2ccccc2)c(=O)n1-c1ccc2c(c1)c1ccccc1n2-c1ccccc1. The maximum atomic E-state index is 15.6. The third kappa shape index (κ3) is 5.02. The minimum absolute atomic E-state index is 0.374. The van der Waals surface area contributed by atoms with Crippen LogP contribution in [0.15, 0.2) is 222 Å². The molecule has 0 saturated carbocycles. The molecule has 0 bridgehead atoms. The number of fused-ring (bicyclic) bond motifs is 11. The summed E-state index contributed by atoms with van der Waals surface area (Å²) in [5.74, 6) is 0. The van der Waals surface area contributed by atoms with Crippen molar-refractivity contribution in [1.29, 1.82) is 0 Å². The van der Waals surface area contributed by atoms with Crippen LogP contribution in [0.5, 0.6) is 0 Å². The van der Waals surface area contributed by atoms with E-state index < -0.39 is 5.69 Å². The molecule has 63 heavy (non-hydrogen) atoms. The van der Waals surface area contributed by atoms with Crippen molar-refractivity contribution in [3.63, 3.8) is 0 Å². The first-order chi connectivity index (χ1) is 31.1. The van der Waals surface area contributed by atoms with Gasteiger partial charge in [-0.3, -0.25) is 9.36 Å². The van der Waals surface area contributed by atoms with Crippen LogP contribution in [0.4, 0.5) is 0 Å². The minimum atomic E-state index is -0.448. The molecular formula is C56H35N5O2. The second-order valence-corrected chi connectivity index (χ2v) is 16.1. The van der Waals surface area contributed by atoms with Gasteiger partial charge in [0.25, 0.3) is 5.56 Å². The van der Waals surface area contributed by atoms with Gasteiger partial charge in [0.05, 0.1) is 55.4 Å². The summed E-state index contributed by atoms with van der Waals surface area (Å²) in [6.07, 6.45) is 0. The molecule has 0 aliphatic rings. The Bertz CT molecular complexity index is 4120. The van der Waals surface area contributed by atoms with E-state index in [-0.39, 0.29) is 5.56 Å². The van der Waals surface area contributed by atoms with Crippen LogP contribution in [-0.4, -0.2) is 22.8 Å². The van der Waals surface area contributed by atoms with Gasteiger partial charge in [-0.15, -0.1) is 0 Å². The van der Waals surface area contributed by atoms with E-state index in [1.165, 1.54) is 4.57 Å². The van der Waals surface area contributed by atoms with Crippen LogP contribution in [0.2, 0.25) is 0 Å². The van der Waals surface area contributed by atoms with Gasteiger partial charge in [0.2, 0.25) is 0 Å². The highest BCUT2D eigenvalue weighted by Gasteiger charge is 2.24. The molecule has 4 heterocycles. The highest BCUT2D eigenvalue weighted by Crippen LogP contribution is 2.38. The van der Waals surface area contributed by atoms with Crippen molar-refractivity contribution in [1.82, 2.24) is 22.8 Å². The van der Waals surface area contributed by atoms with Crippen molar-refractivity contribution < 1.29 is 0 Å². The quantitative estimate of drug-likeness (QED) is 0.174. The zero-order chi connectivity index (χ0) is 41.8. The number of benzene rings is 9. The van der Waals surface area contributed by atoms with E-state index >= 15 is 9.59 Å². The molecule has 7 heteroatoms. The fourth-order valence-corrected chi connectivity index (χ4v) is 10.1. The average Bonchev–Trinajstić information content (AvgIpc) is 3.98. The Morgan fingerprint density at radius 1 is 0.238 bits per heavy atom. The second kappa shape index (κ2) is 13.4. The third-order valence-electron chi connectivity index (χ3n) is 12.7. The lowest BCUT2D eigenvalue weighted by Crippen LogP contribution is -2.38. The predicted molar refractivity (Wildman–Crippen MR) is 258 cm³/mol. The number of nitrogens with zero attached hydrogens (tertiary/aromatic N) is 5. The highest BCUT2D eigenvalue weighted by molar-refractivity contribution is 6.21. The first-order valence-corrected chi connectivity index (χ1v) is 21.1. The summed E-state index contributed by atoms with van der Waals surface area (Å²) in [6, 6.07) is 71.8. The van der Waals surface area contributed by atoms with Gasteiger partial charge in [-0.2, -0.15) is 0 Å². The van der Waals surface area contributed by atoms with E-state index in [4.69, 9.17) is 0 Å². The summed E-state index contributed by atoms with van der Waals surface area (Å²) in [5.41, 5.74) is 9.90. The molecule has 0 aliphatic carbocycles. The lowest BCUT2D eigenvalue weighted by molar-refractivity contribution is 0.837. The van der Waals surface area contributed by atoms with E-state index in [1.54, 1.807) is 4.57 Å². The standard InChI is InChI=1S/C56H35N5O2/c62-55-54-52(33-32-51-53(54)43-24-12-15-27-48(43)59(51)38-20-8-3-9-21-38)60(39-28-30-49-44(34-39)41-22-10-13-25-46(41)57(49)36-16-4-1-5-17-36)56(63)61(55)40-29-31-50-45(35-40)42-23-11-14-26-47(42)58(50)37-18-6-2-7-19-37/h1-35H. The molecule has 0 unspecified atom stereocenters. The molecule has 9 aromatic carbocycles. The molecule has 0 amide bonds. The van der Waals surface area contributed by atoms with E-state index in [0.29, 0.717) is 22.3 Å². The Kier molecular flexibility index (Phi) is 7.47. The topological polar surface area (TPSA) is 58.8 Å². The molecule has 0 N–H and O–H groups in total. The van der Waals surface area contributed by atoms with Crippen LogP contribution in [0.3, 0.4) is 0 Å². The Morgan fingerprint density at radius 2 is 0.587 bits per heavy atom. The van der Waals surface area contributed by atoms with Crippen LogP contribution < -0.4 is 11.2 Å². The number of hydrogen-bond donors (Lipinski definition) is 0. The monoisotopic (exact) mass is 809 g/mol. The highest BCUT2D eigenvalue weighted by atomic mass is 16.2. The van der Waals surface area contributed by atoms with Gasteiger partial charge in [-0.05, 0) is 103 Å². The fourth-order valence-electron chi connectivity index (χ4n) is 10.1. The van der Waals surface area contributed by atoms with Gasteiger partial charge in [-0.1, -0.05) is 109 Å². The molecule has 0 fully saturated rings. The summed E-state index contributed by atoms with van der Waals surface area (Å²) in [5, 5.41) is 6.23.